The highest BCUT2D eigenvalue weighted by molar-refractivity contribution is 9.10. The summed E-state index contributed by atoms with van der Waals surface area (Å²) < 4.78 is 6.54. The molecule has 1 aliphatic carbocycles. The maximum Gasteiger partial charge on any atom is 0.277 e. The first-order valence-corrected chi connectivity index (χ1v) is 8.22. The topological polar surface area (TPSA) is 95.5 Å². The number of fused-ring (bicyclic) bond motifs is 1. The van der Waals surface area contributed by atoms with Crippen LogP contribution in [-0.2, 0) is 24.1 Å². The Labute approximate surface area is 146 Å². The maximum atomic E-state index is 11.3. The molecule has 1 amide bonds. The third kappa shape index (κ3) is 3.41. The fraction of sp³-hybridized carbons (Fsp3) is 0.235. The number of carbonyl (C=O) groups excluding carboxylic acids is 1. The third-order valence-corrected chi connectivity index (χ3v) is 4.46. The Bertz CT molecular complexity index is 797. The van der Waals surface area contributed by atoms with Crippen molar-refractivity contribution in [1.29, 1.82) is 0 Å². The first-order chi connectivity index (χ1) is 11.4. The van der Waals surface area contributed by atoms with Crippen LogP contribution in [0.2, 0.25) is 0 Å². The Kier molecular flexibility index (Phi) is 4.53. The van der Waals surface area contributed by atoms with E-state index >= 15 is 0 Å². The van der Waals surface area contributed by atoms with Gasteiger partial charge in [0.05, 0.1) is 16.9 Å². The molecule has 0 bridgehead atoms. The van der Waals surface area contributed by atoms with Crippen molar-refractivity contribution in [1.82, 2.24) is 0 Å². The molecule has 24 heavy (non-hydrogen) atoms. The molecule has 0 spiro atoms. The molecule has 2 aromatic rings. The summed E-state index contributed by atoms with van der Waals surface area (Å²) in [7, 11) is 0. The normalized spacial score (nSPS) is 13.5. The minimum Gasteiger partial charge on any atom is -0.489 e. The van der Waals surface area contributed by atoms with Crippen LogP contribution in [0.4, 0.5) is 5.69 Å². The number of nitrogens with zero attached hydrogens (tertiary/aromatic N) is 1. The number of ether oxygens (including phenoxy) is 1. The summed E-state index contributed by atoms with van der Waals surface area (Å²) in [6.07, 6.45) is 1.10. The van der Waals surface area contributed by atoms with Gasteiger partial charge in [0.25, 0.3) is 5.69 Å². The number of nitro benzene ring substituents is 1. The number of rotatable bonds is 5. The van der Waals surface area contributed by atoms with Gasteiger partial charge in [-0.05, 0) is 17.2 Å². The van der Waals surface area contributed by atoms with Gasteiger partial charge < -0.3 is 10.5 Å². The molecule has 1 aliphatic rings. The quantitative estimate of drug-likeness (QED) is 0.626. The van der Waals surface area contributed by atoms with E-state index in [9.17, 15) is 14.9 Å². The predicted molar refractivity (Wildman–Crippen MR) is 92.0 cm³/mol. The van der Waals surface area contributed by atoms with Crippen LogP contribution in [0.1, 0.15) is 16.7 Å². The van der Waals surface area contributed by atoms with Crippen molar-refractivity contribution in [3.05, 3.63) is 67.7 Å². The molecule has 0 radical (unpaired) electrons. The Morgan fingerprint density at radius 2 is 1.92 bits per heavy atom. The molecule has 0 heterocycles. The van der Waals surface area contributed by atoms with Gasteiger partial charge in [-0.1, -0.05) is 40.2 Å². The Morgan fingerprint density at radius 3 is 2.46 bits per heavy atom. The van der Waals surface area contributed by atoms with Gasteiger partial charge in [0.1, 0.15) is 11.9 Å². The lowest BCUT2D eigenvalue weighted by atomic mass is 10.1. The van der Waals surface area contributed by atoms with Gasteiger partial charge in [0.2, 0.25) is 5.91 Å². The first-order valence-electron chi connectivity index (χ1n) is 7.42. The van der Waals surface area contributed by atoms with E-state index < -0.39 is 10.8 Å². The number of nitrogens with two attached hydrogens (primary N) is 1. The zero-order chi connectivity index (χ0) is 17.3. The van der Waals surface area contributed by atoms with E-state index in [-0.39, 0.29) is 23.8 Å². The molecule has 124 valence electrons. The number of nitro groups is 1. The minimum absolute atomic E-state index is 0.122. The lowest BCUT2D eigenvalue weighted by Gasteiger charge is -2.16. The number of hydrogen-bond donors (Lipinski definition) is 1. The Hall–Kier alpha value is -2.41. The molecule has 3 rings (SSSR count). The van der Waals surface area contributed by atoms with Crippen LogP contribution >= 0.6 is 15.9 Å². The summed E-state index contributed by atoms with van der Waals surface area (Å²) in [6.45, 7) is 0. The van der Waals surface area contributed by atoms with Gasteiger partial charge >= 0.3 is 0 Å². The van der Waals surface area contributed by atoms with E-state index in [2.05, 4.69) is 15.9 Å². The molecule has 0 unspecified atom stereocenters. The third-order valence-electron chi connectivity index (χ3n) is 4.01. The van der Waals surface area contributed by atoms with Gasteiger partial charge in [0, 0.05) is 23.4 Å². The summed E-state index contributed by atoms with van der Waals surface area (Å²) >= 11 is 3.26. The number of hydrogen-bond acceptors (Lipinski definition) is 4. The van der Waals surface area contributed by atoms with Crippen LogP contribution < -0.4 is 10.5 Å². The van der Waals surface area contributed by atoms with Crippen LogP contribution in [-0.4, -0.2) is 16.9 Å². The van der Waals surface area contributed by atoms with Crippen molar-refractivity contribution in [3.63, 3.8) is 0 Å². The fourth-order valence-corrected chi connectivity index (χ4v) is 3.42. The van der Waals surface area contributed by atoms with E-state index in [0.717, 1.165) is 12.8 Å². The molecule has 7 heteroatoms. The number of primary amides is 1. The zero-order valence-electron chi connectivity index (χ0n) is 12.7. The molecule has 0 fully saturated rings. The highest BCUT2D eigenvalue weighted by Crippen LogP contribution is 2.35. The van der Waals surface area contributed by atoms with Crippen molar-refractivity contribution < 1.29 is 14.5 Å². The number of halogens is 1. The highest BCUT2D eigenvalue weighted by Gasteiger charge is 2.27. The maximum absolute atomic E-state index is 11.3. The van der Waals surface area contributed by atoms with Gasteiger partial charge in [0.15, 0.2) is 0 Å². The van der Waals surface area contributed by atoms with Crippen molar-refractivity contribution in [3.8, 4) is 5.75 Å². The highest BCUT2D eigenvalue weighted by atomic mass is 79.9. The second kappa shape index (κ2) is 6.60. The minimum atomic E-state index is -0.639. The molecule has 2 N–H and O–H groups in total. The van der Waals surface area contributed by atoms with Gasteiger partial charge in [-0.2, -0.15) is 0 Å². The number of carbonyl (C=O) groups is 1. The monoisotopic (exact) mass is 390 g/mol. The predicted octanol–water partition coefficient (Wildman–Crippen LogP) is 2.93. The van der Waals surface area contributed by atoms with Crippen molar-refractivity contribution >= 4 is 27.5 Å². The first kappa shape index (κ1) is 16.4. The standard InChI is InChI=1S/C17H15BrN2O4/c18-12-7-15(20(22)23)14(9-17(19)21)16(8-12)24-13-5-10-3-1-2-4-11(10)6-13/h1-4,7-8,13H,5-6,9H2,(H2,19,21). The van der Waals surface area contributed by atoms with E-state index in [4.69, 9.17) is 10.5 Å². The zero-order valence-corrected chi connectivity index (χ0v) is 14.3. The summed E-state index contributed by atoms with van der Waals surface area (Å²) in [5.74, 6) is -0.312. The molecule has 0 aromatic heterocycles. The van der Waals surface area contributed by atoms with Crippen LogP contribution in [0.15, 0.2) is 40.9 Å². The lowest BCUT2D eigenvalue weighted by Crippen LogP contribution is -2.20. The Morgan fingerprint density at radius 1 is 1.29 bits per heavy atom. The molecular formula is C17H15BrN2O4. The van der Waals surface area contributed by atoms with Crippen LogP contribution in [0.3, 0.4) is 0 Å². The summed E-state index contributed by atoms with van der Waals surface area (Å²) in [5, 5.41) is 11.3. The van der Waals surface area contributed by atoms with E-state index in [1.807, 2.05) is 24.3 Å². The summed E-state index contributed by atoms with van der Waals surface area (Å²) in [5.41, 5.74) is 7.71. The largest absolute Gasteiger partial charge is 0.489 e. The molecule has 6 nitrogen and oxygen atoms in total. The molecule has 0 atom stereocenters. The Balaban J connectivity index is 1.93. The smallest absolute Gasteiger partial charge is 0.277 e. The van der Waals surface area contributed by atoms with Crippen LogP contribution in [0.25, 0.3) is 0 Å². The van der Waals surface area contributed by atoms with E-state index in [0.29, 0.717) is 10.2 Å². The van der Waals surface area contributed by atoms with Gasteiger partial charge in [-0.3, -0.25) is 14.9 Å². The lowest BCUT2D eigenvalue weighted by molar-refractivity contribution is -0.385. The fourth-order valence-electron chi connectivity index (χ4n) is 3.00. The number of amides is 1. The van der Waals surface area contributed by atoms with Crippen molar-refractivity contribution in [2.45, 2.75) is 25.4 Å². The van der Waals surface area contributed by atoms with Crippen molar-refractivity contribution in [2.75, 3.05) is 0 Å². The molecular weight excluding hydrogens is 376 g/mol. The average Bonchev–Trinajstić information content (AvgIpc) is 2.91. The second-order valence-electron chi connectivity index (χ2n) is 5.72. The molecule has 2 aromatic carbocycles. The molecule has 0 aliphatic heterocycles. The van der Waals surface area contributed by atoms with Crippen LogP contribution in [0.5, 0.6) is 5.75 Å². The summed E-state index contributed by atoms with van der Waals surface area (Å²) in [6, 6.07) is 11.1. The molecule has 0 saturated carbocycles. The number of benzene rings is 2. The van der Waals surface area contributed by atoms with Gasteiger partial charge in [-0.25, -0.2) is 0 Å². The van der Waals surface area contributed by atoms with Crippen LogP contribution in [0, 0.1) is 10.1 Å². The second-order valence-corrected chi connectivity index (χ2v) is 6.63. The van der Waals surface area contributed by atoms with Gasteiger partial charge in [-0.15, -0.1) is 0 Å². The van der Waals surface area contributed by atoms with Crippen molar-refractivity contribution in [2.24, 2.45) is 5.73 Å². The van der Waals surface area contributed by atoms with E-state index in [1.54, 1.807) is 6.07 Å². The average molecular weight is 391 g/mol. The summed E-state index contributed by atoms with van der Waals surface area (Å²) in [4.78, 5) is 22.1. The van der Waals surface area contributed by atoms with E-state index in [1.165, 1.54) is 17.2 Å². The SMILES string of the molecule is NC(=O)Cc1c(OC2Cc3ccccc3C2)cc(Br)cc1[N+](=O)[O-]. The molecule has 0 saturated heterocycles.